The smallest absolute Gasteiger partial charge is 0.104 e. The van der Waals surface area contributed by atoms with Crippen molar-refractivity contribution >= 4 is 90.8 Å². The van der Waals surface area contributed by atoms with Crippen molar-refractivity contribution in [1.29, 1.82) is 0 Å². The lowest BCUT2D eigenvalue weighted by molar-refractivity contribution is 1.78. The van der Waals surface area contributed by atoms with E-state index in [1.165, 1.54) is 22.7 Å². The van der Waals surface area contributed by atoms with Crippen LogP contribution in [0.3, 0.4) is 0 Å². The minimum atomic E-state index is 0.499. The van der Waals surface area contributed by atoms with Crippen molar-refractivity contribution in [3.05, 3.63) is 68.0 Å². The maximum Gasteiger partial charge on any atom is 0.104 e. The lowest BCUT2D eigenvalue weighted by atomic mass is 10.2. The fourth-order valence-corrected chi connectivity index (χ4v) is 10.2. The van der Waals surface area contributed by atoms with Crippen LogP contribution in [0.25, 0.3) is 39.0 Å². The van der Waals surface area contributed by atoms with Crippen molar-refractivity contribution in [2.45, 2.75) is 0 Å². The largest absolute Gasteiger partial charge is 0.396 e. The summed E-state index contributed by atoms with van der Waals surface area (Å²) < 4.78 is 0. The van der Waals surface area contributed by atoms with E-state index in [9.17, 15) is 0 Å². The molecule has 10 heteroatoms. The summed E-state index contributed by atoms with van der Waals surface area (Å²) in [5, 5.41) is 0. The third kappa shape index (κ3) is 4.88. The van der Waals surface area contributed by atoms with Gasteiger partial charge in [-0.15, -0.1) is 68.0 Å². The second kappa shape index (κ2) is 10.8. The van der Waals surface area contributed by atoms with Crippen LogP contribution in [0.4, 0.5) is 22.7 Å². The molecule has 0 atom stereocenters. The van der Waals surface area contributed by atoms with E-state index in [0.717, 1.165) is 58.5 Å². The summed E-state index contributed by atoms with van der Waals surface area (Å²) in [5.74, 6) is 24.4. The molecule has 0 fully saturated rings. The first-order valence-electron chi connectivity index (χ1n) is 12.2. The Kier molecular flexibility index (Phi) is 6.82. The number of nitrogen functional groups attached to an aromatic ring is 4. The lowest BCUT2D eigenvalue weighted by Crippen LogP contribution is -1.92. The quantitative estimate of drug-likeness (QED) is 0.125. The Labute approximate surface area is 266 Å². The topological polar surface area (TPSA) is 104 Å². The monoisotopic (exact) mass is 648 g/mol. The molecule has 0 amide bonds. The third-order valence-corrected chi connectivity index (χ3v) is 13.4. The van der Waals surface area contributed by atoms with Crippen LogP contribution in [0.2, 0.25) is 0 Å². The molecule has 0 radical (unpaired) electrons. The van der Waals surface area contributed by atoms with Gasteiger partial charge in [0.25, 0.3) is 0 Å². The van der Waals surface area contributed by atoms with Crippen LogP contribution in [0, 0.1) is 47.4 Å². The van der Waals surface area contributed by atoms with Crippen LogP contribution < -0.4 is 22.9 Å². The first kappa shape index (κ1) is 26.5. The van der Waals surface area contributed by atoms with Gasteiger partial charge in [-0.05, 0) is 95.9 Å². The van der Waals surface area contributed by atoms with Crippen molar-refractivity contribution < 1.29 is 0 Å². The Bertz CT molecular complexity index is 2120. The second-order valence-electron chi connectivity index (χ2n) is 8.83. The summed E-state index contributed by atoms with van der Waals surface area (Å²) in [7, 11) is 0. The van der Waals surface area contributed by atoms with Crippen molar-refractivity contribution in [3.63, 3.8) is 0 Å². The van der Waals surface area contributed by atoms with Gasteiger partial charge in [-0.3, -0.25) is 0 Å². The summed E-state index contributed by atoms with van der Waals surface area (Å²) in [4.78, 5) is 11.7. The highest BCUT2D eigenvalue weighted by atomic mass is 32.1. The number of fused-ring (bicyclic) bond motifs is 16. The van der Waals surface area contributed by atoms with Crippen LogP contribution in [-0.4, -0.2) is 0 Å². The van der Waals surface area contributed by atoms with Crippen LogP contribution in [-0.2, 0) is 0 Å². The van der Waals surface area contributed by atoms with Gasteiger partial charge in [0.05, 0.1) is 42.3 Å². The molecule has 200 valence electrons. The van der Waals surface area contributed by atoms with Crippen molar-refractivity contribution in [3.8, 4) is 86.4 Å². The standard InChI is InChI=1S/C32H16N4S6/c33-27-23-7-3-1-5-17-9-11-19(37-17)21-13-15-26(39-21)32-30(36)28(34)24(42-32)8-4-2-6-18-10-12-20(38-18)22-14-16-25(40-22)31(41-23)29(27)35/h9-16H,33-36H2. The molecule has 0 aromatic carbocycles. The van der Waals surface area contributed by atoms with E-state index in [1.54, 1.807) is 45.3 Å². The molecule has 1 aliphatic rings. The Hall–Kier alpha value is -4.36. The zero-order valence-electron chi connectivity index (χ0n) is 21.4. The average Bonchev–Trinajstić information content (AvgIpc) is 3.82. The van der Waals surface area contributed by atoms with Gasteiger partial charge in [0.2, 0.25) is 0 Å². The average molecular weight is 649 g/mol. The summed E-state index contributed by atoms with van der Waals surface area (Å²) in [6.07, 6.45) is 0. The molecule has 7 heterocycles. The van der Waals surface area contributed by atoms with Crippen LogP contribution >= 0.6 is 68.0 Å². The van der Waals surface area contributed by atoms with E-state index >= 15 is 0 Å². The number of rotatable bonds is 0. The van der Waals surface area contributed by atoms with Gasteiger partial charge < -0.3 is 22.9 Å². The molecular weight excluding hydrogens is 633 g/mol. The zero-order chi connectivity index (χ0) is 28.8. The first-order valence-corrected chi connectivity index (χ1v) is 17.1. The maximum absolute atomic E-state index is 6.41. The minimum absolute atomic E-state index is 0.499. The Morgan fingerprint density at radius 1 is 0.357 bits per heavy atom. The van der Waals surface area contributed by atoms with Gasteiger partial charge in [-0.1, -0.05) is 0 Å². The zero-order valence-corrected chi connectivity index (χ0v) is 26.3. The van der Waals surface area contributed by atoms with E-state index in [1.807, 2.05) is 12.1 Å². The van der Waals surface area contributed by atoms with Gasteiger partial charge in [-0.25, -0.2) is 0 Å². The lowest BCUT2D eigenvalue weighted by Gasteiger charge is -1.95. The molecule has 0 aliphatic carbocycles. The molecule has 0 saturated heterocycles. The number of anilines is 4. The van der Waals surface area contributed by atoms with Crippen LogP contribution in [0.15, 0.2) is 48.5 Å². The molecule has 7 rings (SSSR count). The van der Waals surface area contributed by atoms with Gasteiger partial charge >= 0.3 is 0 Å². The van der Waals surface area contributed by atoms with Crippen molar-refractivity contribution in [2.24, 2.45) is 0 Å². The van der Waals surface area contributed by atoms with Gasteiger partial charge in [0, 0.05) is 29.3 Å². The summed E-state index contributed by atoms with van der Waals surface area (Å²) in [6, 6.07) is 16.5. The highest BCUT2D eigenvalue weighted by Crippen LogP contribution is 2.47. The fraction of sp³-hybridized carbons (Fsp3) is 0. The number of thiophene rings is 6. The highest BCUT2D eigenvalue weighted by Gasteiger charge is 2.18. The van der Waals surface area contributed by atoms with Gasteiger partial charge in [0.15, 0.2) is 0 Å². The number of hydrogen-bond donors (Lipinski definition) is 4. The van der Waals surface area contributed by atoms with Crippen molar-refractivity contribution in [1.82, 2.24) is 0 Å². The molecular formula is C32H16N4S6. The minimum Gasteiger partial charge on any atom is -0.396 e. The normalized spacial score (nSPS) is 11.2. The predicted molar refractivity (Wildman–Crippen MR) is 187 cm³/mol. The fourth-order valence-electron chi connectivity index (χ4n) is 4.09. The summed E-state index contributed by atoms with van der Waals surface area (Å²) in [6.45, 7) is 0. The third-order valence-electron chi connectivity index (χ3n) is 6.17. The molecule has 12 bridgehead atoms. The van der Waals surface area contributed by atoms with Crippen molar-refractivity contribution in [2.75, 3.05) is 22.9 Å². The predicted octanol–water partition coefficient (Wildman–Crippen LogP) is 8.17. The second-order valence-corrected chi connectivity index (χ2v) is 15.2. The molecule has 6 aromatic rings. The van der Waals surface area contributed by atoms with Crippen LogP contribution in [0.1, 0.15) is 19.5 Å². The Morgan fingerprint density at radius 2 is 0.714 bits per heavy atom. The summed E-state index contributed by atoms with van der Waals surface area (Å²) in [5.41, 5.74) is 27.6. The molecule has 0 saturated carbocycles. The molecule has 6 aromatic heterocycles. The van der Waals surface area contributed by atoms with E-state index in [-0.39, 0.29) is 0 Å². The molecule has 8 N–H and O–H groups in total. The molecule has 0 spiro atoms. The van der Waals surface area contributed by atoms with E-state index in [4.69, 9.17) is 22.9 Å². The van der Waals surface area contributed by atoms with Gasteiger partial charge in [-0.2, -0.15) is 0 Å². The Balaban J connectivity index is 1.32. The molecule has 0 unspecified atom stereocenters. The maximum atomic E-state index is 6.41. The number of nitrogens with two attached hydrogens (primary N) is 4. The first-order chi connectivity index (χ1) is 20.4. The Morgan fingerprint density at radius 3 is 1.17 bits per heavy atom. The summed E-state index contributed by atoms with van der Waals surface area (Å²) >= 11 is 9.54. The van der Waals surface area contributed by atoms with E-state index in [2.05, 4.69) is 83.8 Å². The number of hydrogen-bond acceptors (Lipinski definition) is 10. The molecule has 4 nitrogen and oxygen atoms in total. The SMILES string of the molecule is Nc1c2sc(c1N)-c1ccc(s1)-c1ccc(s1)C#CC#Cc1sc(c(N)c1N)-c1ccc(s1)-c1ccc(s1)C#CC#C2. The van der Waals surface area contributed by atoms with Crippen LogP contribution in [0.5, 0.6) is 0 Å². The van der Waals surface area contributed by atoms with E-state index in [0.29, 0.717) is 22.7 Å². The van der Waals surface area contributed by atoms with Gasteiger partial charge in [0.1, 0.15) is 9.75 Å². The van der Waals surface area contributed by atoms with E-state index < -0.39 is 0 Å². The molecule has 42 heavy (non-hydrogen) atoms. The molecule has 1 aliphatic heterocycles. The highest BCUT2D eigenvalue weighted by molar-refractivity contribution is 7.28.